The predicted molar refractivity (Wildman–Crippen MR) is 112 cm³/mol. The molecule has 1 aromatic heterocycles. The van der Waals surface area contributed by atoms with Crippen LogP contribution in [0.15, 0.2) is 53.7 Å². The minimum atomic E-state index is -0.226. The molecule has 9 heteroatoms. The third kappa shape index (κ3) is 5.35. The van der Waals surface area contributed by atoms with E-state index in [0.717, 1.165) is 11.3 Å². The third-order valence-corrected chi connectivity index (χ3v) is 5.08. The number of nitrogens with zero attached hydrogens (tertiary/aromatic N) is 3. The van der Waals surface area contributed by atoms with E-state index >= 15 is 0 Å². The molecule has 0 saturated heterocycles. The van der Waals surface area contributed by atoms with Crippen LogP contribution in [-0.2, 0) is 11.2 Å². The van der Waals surface area contributed by atoms with Crippen LogP contribution in [0.5, 0.6) is 5.75 Å². The molecule has 29 heavy (non-hydrogen) atoms. The molecule has 0 aliphatic carbocycles. The van der Waals surface area contributed by atoms with Gasteiger partial charge in [-0.05, 0) is 36.8 Å². The van der Waals surface area contributed by atoms with Crippen LogP contribution in [0.25, 0.3) is 0 Å². The Labute approximate surface area is 172 Å². The maximum Gasteiger partial charge on any atom is 0.234 e. The fourth-order valence-corrected chi connectivity index (χ4v) is 3.27. The van der Waals surface area contributed by atoms with Gasteiger partial charge in [-0.25, -0.2) is 4.68 Å². The summed E-state index contributed by atoms with van der Waals surface area (Å²) in [7, 11) is 1.62. The minimum Gasteiger partial charge on any atom is -0.497 e. The van der Waals surface area contributed by atoms with E-state index in [0.29, 0.717) is 28.7 Å². The minimum absolute atomic E-state index is 0.0592. The average Bonchev–Trinajstić information content (AvgIpc) is 3.06. The highest BCUT2D eigenvalue weighted by atomic mass is 32.2. The number of nitrogens with two attached hydrogens (primary N) is 1. The smallest absolute Gasteiger partial charge is 0.234 e. The first-order valence-corrected chi connectivity index (χ1v) is 9.81. The summed E-state index contributed by atoms with van der Waals surface area (Å²) < 4.78 is 6.53. The van der Waals surface area contributed by atoms with Gasteiger partial charge in [-0.15, -0.1) is 10.2 Å². The summed E-state index contributed by atoms with van der Waals surface area (Å²) in [6.45, 7) is 1.48. The van der Waals surface area contributed by atoms with E-state index in [9.17, 15) is 9.59 Å². The highest BCUT2D eigenvalue weighted by molar-refractivity contribution is 7.99. The summed E-state index contributed by atoms with van der Waals surface area (Å²) in [6.07, 6.45) is 0.512. The van der Waals surface area contributed by atoms with E-state index in [1.54, 1.807) is 31.4 Å². The number of benzene rings is 2. The van der Waals surface area contributed by atoms with Gasteiger partial charge in [0, 0.05) is 17.7 Å². The van der Waals surface area contributed by atoms with E-state index < -0.39 is 0 Å². The fourth-order valence-electron chi connectivity index (χ4n) is 2.60. The van der Waals surface area contributed by atoms with E-state index in [2.05, 4.69) is 15.5 Å². The second-order valence-corrected chi connectivity index (χ2v) is 7.21. The van der Waals surface area contributed by atoms with E-state index in [4.69, 9.17) is 10.6 Å². The molecule has 2 aromatic carbocycles. The lowest BCUT2D eigenvalue weighted by atomic mass is 10.1. The van der Waals surface area contributed by atoms with Gasteiger partial charge >= 0.3 is 0 Å². The van der Waals surface area contributed by atoms with Gasteiger partial charge in [0.2, 0.25) is 11.1 Å². The van der Waals surface area contributed by atoms with Crippen LogP contribution in [0.1, 0.15) is 28.7 Å². The average molecular weight is 411 g/mol. The number of Topliss-reactive ketones (excluding diaryl/α,β-unsaturated/α-hetero) is 1. The molecular formula is C20H21N5O3S. The monoisotopic (exact) mass is 411 g/mol. The zero-order chi connectivity index (χ0) is 20.8. The van der Waals surface area contributed by atoms with E-state index in [1.165, 1.54) is 23.4 Å². The lowest BCUT2D eigenvalue weighted by Gasteiger charge is -2.07. The number of rotatable bonds is 8. The van der Waals surface area contributed by atoms with Gasteiger partial charge in [0.05, 0.1) is 12.9 Å². The Morgan fingerprint density at radius 1 is 1.17 bits per heavy atom. The predicted octanol–water partition coefficient (Wildman–Crippen LogP) is 2.52. The molecule has 0 aliphatic rings. The molecule has 8 nitrogen and oxygen atoms in total. The molecular weight excluding hydrogens is 390 g/mol. The summed E-state index contributed by atoms with van der Waals surface area (Å²) in [5.74, 6) is 7.27. The second kappa shape index (κ2) is 9.24. The van der Waals surface area contributed by atoms with Gasteiger partial charge in [-0.2, -0.15) is 0 Å². The highest BCUT2D eigenvalue weighted by Gasteiger charge is 2.13. The van der Waals surface area contributed by atoms with Gasteiger partial charge in [0.25, 0.3) is 0 Å². The number of methoxy groups -OCH3 is 1. The molecule has 0 fully saturated rings. The lowest BCUT2D eigenvalue weighted by Crippen LogP contribution is -2.17. The normalized spacial score (nSPS) is 10.6. The summed E-state index contributed by atoms with van der Waals surface area (Å²) in [6, 6.07) is 14.4. The Bertz CT molecular complexity index is 1020. The van der Waals surface area contributed by atoms with Crippen molar-refractivity contribution in [2.45, 2.75) is 18.5 Å². The molecule has 0 radical (unpaired) electrons. The van der Waals surface area contributed by atoms with Gasteiger partial charge in [-0.3, -0.25) is 9.59 Å². The van der Waals surface area contributed by atoms with Crippen molar-refractivity contribution < 1.29 is 14.3 Å². The van der Waals surface area contributed by atoms with Gasteiger partial charge < -0.3 is 15.9 Å². The first-order valence-electron chi connectivity index (χ1n) is 8.82. The van der Waals surface area contributed by atoms with Crippen molar-refractivity contribution >= 4 is 29.1 Å². The van der Waals surface area contributed by atoms with Crippen LogP contribution in [0.4, 0.5) is 5.69 Å². The van der Waals surface area contributed by atoms with Gasteiger partial charge in [-0.1, -0.05) is 36.0 Å². The Balaban J connectivity index is 1.57. The number of nitrogen functional groups attached to an aromatic ring is 1. The summed E-state index contributed by atoms with van der Waals surface area (Å²) in [5, 5.41) is 11.4. The summed E-state index contributed by atoms with van der Waals surface area (Å²) in [5.41, 5.74) is 2.13. The molecule has 1 amide bonds. The van der Waals surface area contributed by atoms with Crippen LogP contribution < -0.4 is 15.9 Å². The standard InChI is InChI=1S/C20H21N5O3S/c1-13(26)15-4-3-5-16(11-15)22-19(27)12-29-20-24-23-18(25(20)21)10-14-6-8-17(28-2)9-7-14/h3-9,11H,10,12,21H2,1-2H3,(H,22,27). The number of carbonyl (C=O) groups is 2. The third-order valence-electron chi connectivity index (χ3n) is 4.14. The molecule has 0 bridgehead atoms. The van der Waals surface area contributed by atoms with E-state index in [1.807, 2.05) is 24.3 Å². The molecule has 0 unspecified atom stereocenters. The molecule has 150 valence electrons. The molecule has 0 spiro atoms. The Hall–Kier alpha value is -3.33. The topological polar surface area (TPSA) is 112 Å². The van der Waals surface area contributed by atoms with Crippen molar-refractivity contribution in [2.24, 2.45) is 0 Å². The molecule has 3 rings (SSSR count). The highest BCUT2D eigenvalue weighted by Crippen LogP contribution is 2.19. The summed E-state index contributed by atoms with van der Waals surface area (Å²) in [4.78, 5) is 23.7. The number of ether oxygens (including phenoxy) is 1. The number of anilines is 1. The molecule has 0 saturated carbocycles. The fraction of sp³-hybridized carbons (Fsp3) is 0.200. The maximum absolute atomic E-state index is 12.2. The van der Waals surface area contributed by atoms with Gasteiger partial charge in [0.15, 0.2) is 11.6 Å². The van der Waals surface area contributed by atoms with Crippen molar-refractivity contribution in [3.8, 4) is 5.75 Å². The SMILES string of the molecule is COc1ccc(Cc2nnc(SCC(=O)Nc3cccc(C(C)=O)c3)n2N)cc1. The lowest BCUT2D eigenvalue weighted by molar-refractivity contribution is -0.113. The quantitative estimate of drug-likeness (QED) is 0.333. The molecule has 0 atom stereocenters. The first kappa shape index (κ1) is 20.4. The number of hydrogen-bond donors (Lipinski definition) is 2. The maximum atomic E-state index is 12.2. The van der Waals surface area contributed by atoms with Crippen molar-refractivity contribution in [3.63, 3.8) is 0 Å². The number of thioether (sulfide) groups is 1. The van der Waals surface area contributed by atoms with Crippen LogP contribution in [-0.4, -0.2) is 39.4 Å². The second-order valence-electron chi connectivity index (χ2n) is 6.27. The Morgan fingerprint density at radius 3 is 2.62 bits per heavy atom. The van der Waals surface area contributed by atoms with Gasteiger partial charge in [0.1, 0.15) is 5.75 Å². The number of hydrogen-bond acceptors (Lipinski definition) is 7. The van der Waals surface area contributed by atoms with Crippen molar-refractivity contribution in [1.82, 2.24) is 14.9 Å². The molecule has 3 aromatic rings. The van der Waals surface area contributed by atoms with Crippen molar-refractivity contribution in [1.29, 1.82) is 0 Å². The van der Waals surface area contributed by atoms with Crippen LogP contribution >= 0.6 is 11.8 Å². The first-order chi connectivity index (χ1) is 14.0. The Kier molecular flexibility index (Phi) is 6.50. The zero-order valence-electron chi connectivity index (χ0n) is 16.1. The molecule has 1 heterocycles. The van der Waals surface area contributed by atoms with E-state index in [-0.39, 0.29) is 17.4 Å². The summed E-state index contributed by atoms with van der Waals surface area (Å²) >= 11 is 1.19. The number of nitrogens with one attached hydrogen (secondary N) is 1. The molecule has 0 aliphatic heterocycles. The zero-order valence-corrected chi connectivity index (χ0v) is 16.9. The number of aromatic nitrogens is 3. The van der Waals surface area contributed by atoms with Crippen LogP contribution in [0.2, 0.25) is 0 Å². The van der Waals surface area contributed by atoms with Crippen molar-refractivity contribution in [2.75, 3.05) is 24.0 Å². The number of carbonyl (C=O) groups excluding carboxylic acids is 2. The van der Waals surface area contributed by atoms with Crippen LogP contribution in [0.3, 0.4) is 0 Å². The Morgan fingerprint density at radius 2 is 1.93 bits per heavy atom. The largest absolute Gasteiger partial charge is 0.497 e. The molecule has 3 N–H and O–H groups in total. The number of ketones is 1. The van der Waals surface area contributed by atoms with Crippen LogP contribution in [0, 0.1) is 0 Å². The number of amides is 1. The van der Waals surface area contributed by atoms with Crippen molar-refractivity contribution in [3.05, 3.63) is 65.5 Å².